The number of hydrogen-bond acceptors (Lipinski definition) is 4. The summed E-state index contributed by atoms with van der Waals surface area (Å²) in [5.41, 5.74) is 2.64. The van der Waals surface area contributed by atoms with Gasteiger partial charge >= 0.3 is 0 Å². The predicted molar refractivity (Wildman–Crippen MR) is 101 cm³/mol. The third kappa shape index (κ3) is 4.71. The SMILES string of the molecule is O=C(COc1ccc(Cl)cc1Cl)NCc1cccnc1-c1ccncc1. The molecule has 3 aromatic rings. The number of nitrogens with one attached hydrogen (secondary N) is 1. The highest BCUT2D eigenvalue weighted by molar-refractivity contribution is 6.35. The summed E-state index contributed by atoms with van der Waals surface area (Å²) < 4.78 is 5.43. The molecule has 0 saturated carbocycles. The molecular weight excluding hydrogens is 373 g/mol. The zero-order valence-corrected chi connectivity index (χ0v) is 15.2. The Morgan fingerprint density at radius 1 is 1.08 bits per heavy atom. The molecule has 2 heterocycles. The van der Waals surface area contributed by atoms with Crippen molar-refractivity contribution in [3.63, 3.8) is 0 Å². The average molecular weight is 388 g/mol. The predicted octanol–water partition coefficient (Wildman–Crippen LogP) is 4.15. The smallest absolute Gasteiger partial charge is 0.258 e. The minimum Gasteiger partial charge on any atom is -0.482 e. The van der Waals surface area contributed by atoms with E-state index in [9.17, 15) is 4.79 Å². The van der Waals surface area contributed by atoms with E-state index in [4.69, 9.17) is 27.9 Å². The first-order chi connectivity index (χ1) is 12.6. The van der Waals surface area contributed by atoms with E-state index in [1.807, 2.05) is 24.3 Å². The number of carbonyl (C=O) groups is 1. The lowest BCUT2D eigenvalue weighted by Crippen LogP contribution is -2.28. The Hall–Kier alpha value is -2.63. The van der Waals surface area contributed by atoms with Gasteiger partial charge in [-0.05, 0) is 42.0 Å². The molecule has 2 aromatic heterocycles. The summed E-state index contributed by atoms with van der Waals surface area (Å²) in [6, 6.07) is 12.3. The third-order valence-electron chi connectivity index (χ3n) is 3.57. The van der Waals surface area contributed by atoms with Gasteiger partial charge in [0, 0.05) is 35.7 Å². The minimum absolute atomic E-state index is 0.147. The first kappa shape index (κ1) is 18.2. The van der Waals surface area contributed by atoms with Crippen LogP contribution in [-0.2, 0) is 11.3 Å². The van der Waals surface area contributed by atoms with E-state index < -0.39 is 0 Å². The number of ether oxygens (including phenoxy) is 1. The van der Waals surface area contributed by atoms with E-state index in [2.05, 4.69) is 15.3 Å². The van der Waals surface area contributed by atoms with Gasteiger partial charge in [-0.1, -0.05) is 29.3 Å². The number of nitrogens with zero attached hydrogens (tertiary/aromatic N) is 2. The summed E-state index contributed by atoms with van der Waals surface area (Å²) in [6.07, 6.45) is 5.12. The van der Waals surface area contributed by atoms with E-state index in [-0.39, 0.29) is 12.5 Å². The van der Waals surface area contributed by atoms with Crippen LogP contribution in [0.4, 0.5) is 0 Å². The Morgan fingerprint density at radius 2 is 1.88 bits per heavy atom. The van der Waals surface area contributed by atoms with Crippen LogP contribution in [0.5, 0.6) is 5.75 Å². The quantitative estimate of drug-likeness (QED) is 0.689. The summed E-state index contributed by atoms with van der Waals surface area (Å²) in [6.45, 7) is 0.189. The van der Waals surface area contributed by atoms with Crippen molar-refractivity contribution in [3.8, 4) is 17.0 Å². The number of benzene rings is 1. The molecule has 0 aliphatic heterocycles. The lowest BCUT2D eigenvalue weighted by Gasteiger charge is -2.11. The molecule has 0 fully saturated rings. The number of aromatic nitrogens is 2. The van der Waals surface area contributed by atoms with Crippen molar-refractivity contribution in [1.29, 1.82) is 0 Å². The van der Waals surface area contributed by atoms with Gasteiger partial charge < -0.3 is 10.1 Å². The topological polar surface area (TPSA) is 64.1 Å². The van der Waals surface area contributed by atoms with E-state index >= 15 is 0 Å². The molecule has 3 rings (SSSR count). The molecule has 26 heavy (non-hydrogen) atoms. The molecule has 0 bridgehead atoms. The molecule has 1 amide bonds. The first-order valence-corrected chi connectivity index (χ1v) is 8.58. The van der Waals surface area contributed by atoms with Crippen LogP contribution >= 0.6 is 23.2 Å². The van der Waals surface area contributed by atoms with Gasteiger partial charge in [0.25, 0.3) is 5.91 Å². The molecule has 5 nitrogen and oxygen atoms in total. The molecule has 7 heteroatoms. The van der Waals surface area contributed by atoms with Crippen molar-refractivity contribution >= 4 is 29.1 Å². The van der Waals surface area contributed by atoms with Crippen molar-refractivity contribution in [3.05, 3.63) is 76.7 Å². The summed E-state index contributed by atoms with van der Waals surface area (Å²) in [4.78, 5) is 20.5. The maximum atomic E-state index is 12.1. The van der Waals surface area contributed by atoms with E-state index in [0.29, 0.717) is 22.3 Å². The Labute approximate surface area is 161 Å². The fourth-order valence-corrected chi connectivity index (χ4v) is 2.79. The highest BCUT2D eigenvalue weighted by Crippen LogP contribution is 2.27. The second kappa shape index (κ2) is 8.65. The van der Waals surface area contributed by atoms with Crippen LogP contribution in [0.25, 0.3) is 11.3 Å². The van der Waals surface area contributed by atoms with Crippen LogP contribution in [0.2, 0.25) is 10.0 Å². The highest BCUT2D eigenvalue weighted by Gasteiger charge is 2.09. The first-order valence-electron chi connectivity index (χ1n) is 7.82. The van der Waals surface area contributed by atoms with Crippen molar-refractivity contribution in [2.45, 2.75) is 6.54 Å². The van der Waals surface area contributed by atoms with Crippen molar-refractivity contribution in [1.82, 2.24) is 15.3 Å². The normalized spacial score (nSPS) is 10.4. The van der Waals surface area contributed by atoms with Crippen molar-refractivity contribution in [2.75, 3.05) is 6.61 Å². The second-order valence-electron chi connectivity index (χ2n) is 5.39. The molecule has 132 valence electrons. The molecule has 0 spiro atoms. The van der Waals surface area contributed by atoms with Gasteiger partial charge in [0.05, 0.1) is 10.7 Å². The van der Waals surface area contributed by atoms with E-state index in [1.54, 1.807) is 36.8 Å². The van der Waals surface area contributed by atoms with Gasteiger partial charge in [-0.3, -0.25) is 14.8 Å². The van der Waals surface area contributed by atoms with Crippen LogP contribution in [-0.4, -0.2) is 22.5 Å². The molecule has 0 aliphatic rings. The van der Waals surface area contributed by atoms with Gasteiger partial charge in [0.15, 0.2) is 6.61 Å². The standard InChI is InChI=1S/C19H15Cl2N3O2/c20-15-3-4-17(16(21)10-15)26-12-18(25)24-11-14-2-1-7-23-19(14)13-5-8-22-9-6-13/h1-10H,11-12H2,(H,24,25). The molecule has 0 radical (unpaired) electrons. The Kier molecular flexibility index (Phi) is 6.04. The van der Waals surface area contributed by atoms with Crippen molar-refractivity contribution < 1.29 is 9.53 Å². The summed E-state index contributed by atoms with van der Waals surface area (Å²) in [5, 5.41) is 3.69. The number of hydrogen-bond donors (Lipinski definition) is 1. The zero-order chi connectivity index (χ0) is 18.4. The molecule has 0 aliphatic carbocycles. The zero-order valence-electron chi connectivity index (χ0n) is 13.7. The van der Waals surface area contributed by atoms with Crippen LogP contribution in [0.15, 0.2) is 61.1 Å². The van der Waals surface area contributed by atoms with Crippen LogP contribution < -0.4 is 10.1 Å². The Balaban J connectivity index is 1.60. The Morgan fingerprint density at radius 3 is 2.65 bits per heavy atom. The fourth-order valence-electron chi connectivity index (χ4n) is 2.33. The van der Waals surface area contributed by atoms with Gasteiger partial charge in [0.1, 0.15) is 5.75 Å². The highest BCUT2D eigenvalue weighted by atomic mass is 35.5. The third-order valence-corrected chi connectivity index (χ3v) is 4.10. The maximum Gasteiger partial charge on any atom is 0.258 e. The number of rotatable bonds is 6. The summed E-state index contributed by atoms with van der Waals surface area (Å²) in [7, 11) is 0. The number of amides is 1. The summed E-state index contributed by atoms with van der Waals surface area (Å²) >= 11 is 11.9. The summed E-state index contributed by atoms with van der Waals surface area (Å²) in [5.74, 6) is 0.144. The lowest BCUT2D eigenvalue weighted by atomic mass is 10.1. The van der Waals surface area contributed by atoms with Gasteiger partial charge in [-0.2, -0.15) is 0 Å². The molecule has 0 saturated heterocycles. The molecular formula is C19H15Cl2N3O2. The molecule has 0 unspecified atom stereocenters. The van der Waals surface area contributed by atoms with E-state index in [1.165, 1.54) is 0 Å². The fraction of sp³-hybridized carbons (Fsp3) is 0.105. The monoisotopic (exact) mass is 387 g/mol. The van der Waals surface area contributed by atoms with Crippen LogP contribution in [0.1, 0.15) is 5.56 Å². The average Bonchev–Trinajstić information content (AvgIpc) is 2.66. The van der Waals surface area contributed by atoms with Crippen molar-refractivity contribution in [2.24, 2.45) is 0 Å². The van der Waals surface area contributed by atoms with Gasteiger partial charge in [-0.25, -0.2) is 0 Å². The van der Waals surface area contributed by atoms with Crippen LogP contribution in [0, 0.1) is 0 Å². The number of pyridine rings is 2. The molecule has 1 aromatic carbocycles. The second-order valence-corrected chi connectivity index (χ2v) is 6.23. The van der Waals surface area contributed by atoms with Crippen LogP contribution in [0.3, 0.4) is 0 Å². The maximum absolute atomic E-state index is 12.1. The number of carbonyl (C=O) groups excluding carboxylic acids is 1. The van der Waals surface area contributed by atoms with E-state index in [0.717, 1.165) is 16.8 Å². The lowest BCUT2D eigenvalue weighted by molar-refractivity contribution is -0.123. The largest absolute Gasteiger partial charge is 0.482 e. The van der Waals surface area contributed by atoms with Gasteiger partial charge in [0.2, 0.25) is 0 Å². The Bertz CT molecular complexity index is 904. The molecule has 0 atom stereocenters. The molecule has 1 N–H and O–H groups in total. The minimum atomic E-state index is -0.263. The van der Waals surface area contributed by atoms with Gasteiger partial charge in [-0.15, -0.1) is 0 Å². The number of halogens is 2.